The van der Waals surface area contributed by atoms with Crippen molar-refractivity contribution in [3.63, 3.8) is 0 Å². The molecule has 2 aromatic carbocycles. The standard InChI is InChI=1S/C26H28N2O2S4/c1-25(2,3)15-9-7-11-17-21(15)33-23(27-17)31-19(29)13-14-20(30)32-24-28-18-12-8-10-16(22(18)34-24)26(4,5)6/h7-12H,13-14H2,1-6H3. The molecule has 0 N–H and O–H groups in total. The monoisotopic (exact) mass is 528 g/mol. The molecule has 0 saturated carbocycles. The van der Waals surface area contributed by atoms with Crippen molar-refractivity contribution in [1.29, 1.82) is 0 Å². The maximum atomic E-state index is 12.6. The Bertz CT molecular complexity index is 1270. The second kappa shape index (κ2) is 9.72. The van der Waals surface area contributed by atoms with Gasteiger partial charge in [0.2, 0.25) is 0 Å². The van der Waals surface area contributed by atoms with E-state index < -0.39 is 0 Å². The highest BCUT2D eigenvalue weighted by Gasteiger charge is 2.22. The van der Waals surface area contributed by atoms with Crippen LogP contribution in [0.15, 0.2) is 45.1 Å². The lowest BCUT2D eigenvalue weighted by molar-refractivity contribution is -0.115. The Kier molecular flexibility index (Phi) is 7.25. The van der Waals surface area contributed by atoms with Crippen LogP contribution < -0.4 is 0 Å². The molecule has 0 radical (unpaired) electrons. The molecule has 0 aliphatic rings. The molecular weight excluding hydrogens is 501 g/mol. The van der Waals surface area contributed by atoms with Gasteiger partial charge in [0.05, 0.1) is 20.4 Å². The summed E-state index contributed by atoms with van der Waals surface area (Å²) in [5.41, 5.74) is 4.33. The smallest absolute Gasteiger partial charge is 0.196 e. The van der Waals surface area contributed by atoms with Crippen molar-refractivity contribution < 1.29 is 9.59 Å². The Balaban J connectivity index is 1.38. The number of thioether (sulfide) groups is 2. The highest BCUT2D eigenvalue weighted by atomic mass is 32.2. The first-order valence-corrected chi connectivity index (χ1v) is 14.4. The van der Waals surface area contributed by atoms with Crippen LogP contribution in [0.2, 0.25) is 0 Å². The fourth-order valence-corrected chi connectivity index (χ4v) is 8.15. The molecule has 0 aliphatic carbocycles. The van der Waals surface area contributed by atoms with Crippen molar-refractivity contribution in [1.82, 2.24) is 9.97 Å². The third kappa shape index (κ3) is 5.73. The summed E-state index contributed by atoms with van der Waals surface area (Å²) in [7, 11) is 0. The van der Waals surface area contributed by atoms with Gasteiger partial charge in [-0.1, -0.05) is 65.8 Å². The minimum absolute atomic E-state index is 0.00983. The summed E-state index contributed by atoms with van der Waals surface area (Å²) in [5, 5.41) is -0.0748. The molecule has 0 unspecified atom stereocenters. The van der Waals surface area contributed by atoms with Crippen LogP contribution in [0.5, 0.6) is 0 Å². The van der Waals surface area contributed by atoms with Gasteiger partial charge in [-0.2, -0.15) is 0 Å². The van der Waals surface area contributed by atoms with Crippen LogP contribution in [0.3, 0.4) is 0 Å². The van der Waals surface area contributed by atoms with Crippen LogP contribution in [0.25, 0.3) is 20.4 Å². The highest BCUT2D eigenvalue weighted by Crippen LogP contribution is 2.39. The summed E-state index contributed by atoms with van der Waals surface area (Å²) in [6.45, 7) is 13.1. The summed E-state index contributed by atoms with van der Waals surface area (Å²) < 4.78 is 3.72. The summed E-state index contributed by atoms with van der Waals surface area (Å²) in [4.78, 5) is 34.4. The number of benzene rings is 2. The Hall–Kier alpha value is -1.74. The molecular formula is C26H28N2O2S4. The molecule has 0 atom stereocenters. The minimum Gasteiger partial charge on any atom is -0.287 e. The number of fused-ring (bicyclic) bond motifs is 2. The number of nitrogens with zero attached hydrogens (tertiary/aromatic N) is 2. The number of carbonyl (C=O) groups excluding carboxylic acids is 2. The van der Waals surface area contributed by atoms with Gasteiger partial charge in [0, 0.05) is 12.8 Å². The van der Waals surface area contributed by atoms with Gasteiger partial charge in [-0.05, 0) is 57.6 Å². The summed E-state index contributed by atoms with van der Waals surface area (Å²) in [6.07, 6.45) is 0.382. The highest BCUT2D eigenvalue weighted by molar-refractivity contribution is 8.15. The maximum Gasteiger partial charge on any atom is 0.196 e. The SMILES string of the molecule is CC(C)(C)c1cccc2nc(SC(=O)CCC(=O)Sc3nc4cccc(C(C)(C)C)c4s3)sc12. The molecule has 8 heteroatoms. The normalized spacial score (nSPS) is 12.5. The zero-order valence-electron chi connectivity index (χ0n) is 20.2. The lowest BCUT2D eigenvalue weighted by Gasteiger charge is -2.19. The summed E-state index contributed by atoms with van der Waals surface area (Å²) in [5.74, 6) is 0. The van der Waals surface area contributed by atoms with E-state index in [1.807, 2.05) is 24.3 Å². The van der Waals surface area contributed by atoms with Gasteiger partial charge in [0.15, 0.2) is 18.9 Å². The van der Waals surface area contributed by atoms with Crippen LogP contribution >= 0.6 is 46.2 Å². The summed E-state index contributed by atoms with van der Waals surface area (Å²) in [6, 6.07) is 12.2. The van der Waals surface area contributed by atoms with Gasteiger partial charge in [0.1, 0.15) is 0 Å². The molecule has 0 saturated heterocycles. The van der Waals surface area contributed by atoms with Crippen LogP contribution in [0, 0.1) is 0 Å². The van der Waals surface area contributed by atoms with E-state index in [1.54, 1.807) is 22.7 Å². The number of carbonyl (C=O) groups is 2. The van der Waals surface area contributed by atoms with Crippen LogP contribution in [0.1, 0.15) is 65.5 Å². The van der Waals surface area contributed by atoms with E-state index in [9.17, 15) is 9.59 Å². The van der Waals surface area contributed by atoms with E-state index in [-0.39, 0.29) is 33.9 Å². The largest absolute Gasteiger partial charge is 0.287 e. The van der Waals surface area contributed by atoms with Crippen molar-refractivity contribution in [2.75, 3.05) is 0 Å². The van der Waals surface area contributed by atoms with E-state index in [4.69, 9.17) is 0 Å². The van der Waals surface area contributed by atoms with Crippen LogP contribution in [0.4, 0.5) is 0 Å². The first kappa shape index (κ1) is 25.4. The third-order valence-corrected chi connectivity index (χ3v) is 9.54. The molecule has 0 aliphatic heterocycles. The van der Waals surface area contributed by atoms with Gasteiger partial charge in [-0.15, -0.1) is 22.7 Å². The lowest BCUT2D eigenvalue weighted by Crippen LogP contribution is -2.10. The van der Waals surface area contributed by atoms with E-state index in [2.05, 4.69) is 63.6 Å². The Morgan fingerprint density at radius 2 is 1.09 bits per heavy atom. The van der Waals surface area contributed by atoms with E-state index >= 15 is 0 Å². The molecule has 4 nitrogen and oxygen atoms in total. The van der Waals surface area contributed by atoms with E-state index in [0.717, 1.165) is 52.6 Å². The van der Waals surface area contributed by atoms with Crippen molar-refractivity contribution in [2.45, 2.75) is 73.9 Å². The minimum atomic E-state index is -0.0374. The molecule has 2 heterocycles. The number of aromatic nitrogens is 2. The van der Waals surface area contributed by atoms with Gasteiger partial charge in [-0.3, -0.25) is 9.59 Å². The van der Waals surface area contributed by atoms with E-state index in [1.165, 1.54) is 11.1 Å². The topological polar surface area (TPSA) is 59.9 Å². The zero-order valence-corrected chi connectivity index (χ0v) is 23.5. The molecule has 0 fully saturated rings. The van der Waals surface area contributed by atoms with Crippen molar-refractivity contribution in [2.24, 2.45) is 0 Å². The fourth-order valence-electron chi connectivity index (χ4n) is 3.63. The third-order valence-electron chi connectivity index (χ3n) is 5.34. The number of hydrogen-bond donors (Lipinski definition) is 0. The Labute approximate surface area is 217 Å². The fraction of sp³-hybridized carbons (Fsp3) is 0.385. The maximum absolute atomic E-state index is 12.6. The first-order valence-electron chi connectivity index (χ1n) is 11.1. The van der Waals surface area contributed by atoms with E-state index in [0.29, 0.717) is 0 Å². The molecule has 4 aromatic rings. The van der Waals surface area contributed by atoms with Gasteiger partial charge < -0.3 is 0 Å². The molecule has 2 aromatic heterocycles. The van der Waals surface area contributed by atoms with Crippen molar-refractivity contribution in [3.8, 4) is 0 Å². The first-order chi connectivity index (χ1) is 15.9. The average molecular weight is 529 g/mol. The molecule has 0 spiro atoms. The van der Waals surface area contributed by atoms with Crippen molar-refractivity contribution in [3.05, 3.63) is 47.5 Å². The zero-order chi connectivity index (χ0) is 24.7. The number of hydrogen-bond acceptors (Lipinski definition) is 8. The second-order valence-electron chi connectivity index (χ2n) is 10.2. The van der Waals surface area contributed by atoms with Crippen molar-refractivity contribution >= 4 is 76.9 Å². The Morgan fingerprint density at radius 3 is 1.44 bits per heavy atom. The molecule has 0 amide bonds. The summed E-state index contributed by atoms with van der Waals surface area (Å²) >= 11 is 5.39. The molecule has 34 heavy (non-hydrogen) atoms. The molecule has 4 rings (SSSR count). The van der Waals surface area contributed by atoms with Crippen LogP contribution in [-0.4, -0.2) is 20.2 Å². The molecule has 178 valence electrons. The predicted molar refractivity (Wildman–Crippen MR) is 148 cm³/mol. The number of thiazole rings is 2. The number of rotatable bonds is 5. The molecule has 0 bridgehead atoms. The van der Waals surface area contributed by atoms with Gasteiger partial charge in [0.25, 0.3) is 0 Å². The second-order valence-corrected chi connectivity index (χ2v) is 14.8. The quantitative estimate of drug-likeness (QED) is 0.243. The van der Waals surface area contributed by atoms with Gasteiger partial charge in [-0.25, -0.2) is 9.97 Å². The van der Waals surface area contributed by atoms with Crippen LogP contribution in [-0.2, 0) is 20.4 Å². The predicted octanol–water partition coefficient (Wildman–Crippen LogP) is 8.22. The Morgan fingerprint density at radius 1 is 0.706 bits per heavy atom. The lowest BCUT2D eigenvalue weighted by atomic mass is 9.87. The van der Waals surface area contributed by atoms with Gasteiger partial charge >= 0.3 is 0 Å². The average Bonchev–Trinajstić information content (AvgIpc) is 3.32.